The lowest BCUT2D eigenvalue weighted by Gasteiger charge is -2.29. The zero-order chi connectivity index (χ0) is 19.7. The van der Waals surface area contributed by atoms with E-state index in [2.05, 4.69) is 15.5 Å². The summed E-state index contributed by atoms with van der Waals surface area (Å²) in [6, 6.07) is 5.42. The number of fused-ring (bicyclic) bond motifs is 1. The molecule has 28 heavy (non-hydrogen) atoms. The van der Waals surface area contributed by atoms with Crippen molar-refractivity contribution in [2.75, 3.05) is 26.2 Å². The van der Waals surface area contributed by atoms with Crippen LogP contribution in [-0.4, -0.2) is 71.0 Å². The van der Waals surface area contributed by atoms with E-state index in [0.29, 0.717) is 18.5 Å². The molecule has 150 valence electrons. The van der Waals surface area contributed by atoms with Gasteiger partial charge in [-0.05, 0) is 43.1 Å². The number of hydrogen-bond acceptors (Lipinski definition) is 6. The van der Waals surface area contributed by atoms with Gasteiger partial charge >= 0.3 is 0 Å². The van der Waals surface area contributed by atoms with Gasteiger partial charge in [0.2, 0.25) is 11.8 Å². The first-order chi connectivity index (χ1) is 13.5. The Balaban J connectivity index is 1.47. The summed E-state index contributed by atoms with van der Waals surface area (Å²) < 4.78 is 0. The van der Waals surface area contributed by atoms with Crippen LogP contribution < -0.4 is 10.6 Å². The maximum Gasteiger partial charge on any atom is 0.255 e. The monoisotopic (exact) mass is 386 g/mol. The molecule has 2 fully saturated rings. The summed E-state index contributed by atoms with van der Waals surface area (Å²) in [6.45, 7) is 3.84. The molecule has 1 aromatic carbocycles. The van der Waals surface area contributed by atoms with Crippen LogP contribution in [0.1, 0.15) is 40.7 Å². The fourth-order valence-electron chi connectivity index (χ4n) is 4.30. The highest BCUT2D eigenvalue weighted by molar-refractivity contribution is 6.05. The average molecular weight is 386 g/mol. The lowest BCUT2D eigenvalue weighted by molar-refractivity contribution is -0.136. The Hall–Kier alpha value is -2.29. The minimum Gasteiger partial charge on any atom is -0.395 e. The maximum absolute atomic E-state index is 12.9. The van der Waals surface area contributed by atoms with Crippen molar-refractivity contribution in [1.82, 2.24) is 20.4 Å². The van der Waals surface area contributed by atoms with Crippen LogP contribution in [-0.2, 0) is 22.7 Å². The quantitative estimate of drug-likeness (QED) is 0.609. The van der Waals surface area contributed by atoms with Gasteiger partial charge in [-0.15, -0.1) is 0 Å². The number of hydrogen-bond donors (Lipinski definition) is 3. The molecule has 0 aromatic heterocycles. The van der Waals surface area contributed by atoms with Gasteiger partial charge in [-0.1, -0.05) is 12.1 Å². The van der Waals surface area contributed by atoms with E-state index in [-0.39, 0.29) is 36.8 Å². The van der Waals surface area contributed by atoms with E-state index in [1.165, 1.54) is 0 Å². The van der Waals surface area contributed by atoms with Gasteiger partial charge < -0.3 is 15.3 Å². The van der Waals surface area contributed by atoms with Gasteiger partial charge in [-0.3, -0.25) is 24.6 Å². The second kappa shape index (κ2) is 7.98. The minimum atomic E-state index is -0.581. The van der Waals surface area contributed by atoms with Gasteiger partial charge in [0.15, 0.2) is 0 Å². The number of carbonyl (C=O) groups excluding carboxylic acids is 3. The van der Waals surface area contributed by atoms with Crippen LogP contribution in [0.3, 0.4) is 0 Å². The van der Waals surface area contributed by atoms with Crippen LogP contribution in [0.4, 0.5) is 0 Å². The second-order valence-electron chi connectivity index (χ2n) is 7.81. The molecule has 3 N–H and O–H groups in total. The smallest absolute Gasteiger partial charge is 0.255 e. The first-order valence-corrected chi connectivity index (χ1v) is 9.88. The molecule has 8 nitrogen and oxygen atoms in total. The highest BCUT2D eigenvalue weighted by Gasteiger charge is 2.39. The van der Waals surface area contributed by atoms with Crippen molar-refractivity contribution in [3.05, 3.63) is 34.9 Å². The molecule has 3 aliphatic heterocycles. The molecule has 3 aliphatic rings. The molecule has 4 rings (SSSR count). The van der Waals surface area contributed by atoms with Crippen molar-refractivity contribution in [1.29, 1.82) is 0 Å². The number of carbonyl (C=O) groups is 3. The number of benzene rings is 1. The normalized spacial score (nSPS) is 26.2. The summed E-state index contributed by atoms with van der Waals surface area (Å²) in [6.07, 6.45) is 1.65. The SMILES string of the molecule is O=C1CCC(N2Cc3ccc(CN4CCCNC(CO)C4)cc3C2=O)C(=O)N1. The van der Waals surface area contributed by atoms with Crippen LogP contribution in [0.5, 0.6) is 0 Å². The molecule has 0 bridgehead atoms. The fraction of sp³-hybridized carbons (Fsp3) is 0.550. The van der Waals surface area contributed by atoms with E-state index in [1.807, 2.05) is 18.2 Å². The summed E-state index contributed by atoms with van der Waals surface area (Å²) in [5.41, 5.74) is 2.62. The third-order valence-electron chi connectivity index (χ3n) is 5.78. The number of aliphatic hydroxyl groups excluding tert-OH is 1. The summed E-state index contributed by atoms with van der Waals surface area (Å²) in [5.74, 6) is -0.803. The fourth-order valence-corrected chi connectivity index (χ4v) is 4.30. The van der Waals surface area contributed by atoms with Crippen LogP contribution in [0.25, 0.3) is 0 Å². The largest absolute Gasteiger partial charge is 0.395 e. The van der Waals surface area contributed by atoms with Crippen molar-refractivity contribution >= 4 is 17.7 Å². The van der Waals surface area contributed by atoms with Crippen molar-refractivity contribution in [2.24, 2.45) is 0 Å². The first-order valence-electron chi connectivity index (χ1n) is 9.88. The third kappa shape index (κ3) is 3.80. The summed E-state index contributed by atoms with van der Waals surface area (Å²) in [7, 11) is 0. The van der Waals surface area contributed by atoms with Crippen LogP contribution in [0.15, 0.2) is 18.2 Å². The van der Waals surface area contributed by atoms with Crippen molar-refractivity contribution in [3.8, 4) is 0 Å². The molecule has 0 spiro atoms. The minimum absolute atomic E-state index is 0.0709. The Morgan fingerprint density at radius 1 is 1.21 bits per heavy atom. The zero-order valence-corrected chi connectivity index (χ0v) is 15.8. The Morgan fingerprint density at radius 3 is 2.86 bits per heavy atom. The van der Waals surface area contributed by atoms with Gasteiger partial charge in [-0.2, -0.15) is 0 Å². The molecule has 2 unspecified atom stereocenters. The van der Waals surface area contributed by atoms with Gasteiger partial charge in [-0.25, -0.2) is 0 Å². The molecule has 1 aromatic rings. The maximum atomic E-state index is 12.9. The van der Waals surface area contributed by atoms with E-state index in [1.54, 1.807) is 4.90 Å². The highest BCUT2D eigenvalue weighted by atomic mass is 16.3. The highest BCUT2D eigenvalue weighted by Crippen LogP contribution is 2.28. The molecular formula is C20H26N4O4. The van der Waals surface area contributed by atoms with E-state index >= 15 is 0 Å². The number of nitrogens with zero attached hydrogens (tertiary/aromatic N) is 2. The number of imide groups is 1. The number of piperidine rings is 1. The van der Waals surface area contributed by atoms with Crippen molar-refractivity contribution < 1.29 is 19.5 Å². The van der Waals surface area contributed by atoms with E-state index < -0.39 is 6.04 Å². The van der Waals surface area contributed by atoms with E-state index in [0.717, 1.165) is 43.7 Å². The number of amides is 3. The van der Waals surface area contributed by atoms with Crippen LogP contribution in [0.2, 0.25) is 0 Å². The summed E-state index contributed by atoms with van der Waals surface area (Å²) in [4.78, 5) is 40.3. The number of nitrogens with one attached hydrogen (secondary N) is 2. The predicted octanol–water partition coefficient (Wildman–Crippen LogP) is -0.396. The average Bonchev–Trinajstić information content (AvgIpc) is 2.85. The van der Waals surface area contributed by atoms with Gasteiger partial charge in [0, 0.05) is 37.7 Å². The zero-order valence-electron chi connectivity index (χ0n) is 15.8. The topological polar surface area (TPSA) is 102 Å². The molecule has 3 heterocycles. The second-order valence-corrected chi connectivity index (χ2v) is 7.81. The third-order valence-corrected chi connectivity index (χ3v) is 5.78. The molecule has 0 saturated carbocycles. The van der Waals surface area contributed by atoms with Gasteiger partial charge in [0.05, 0.1) is 6.61 Å². The van der Waals surface area contributed by atoms with Gasteiger partial charge in [0.1, 0.15) is 6.04 Å². The van der Waals surface area contributed by atoms with Crippen molar-refractivity contribution in [2.45, 2.75) is 44.4 Å². The molecule has 8 heteroatoms. The Kier molecular flexibility index (Phi) is 5.43. The summed E-state index contributed by atoms with van der Waals surface area (Å²) >= 11 is 0. The number of rotatable bonds is 4. The standard InChI is InChI=1S/C20H26N4O4/c25-12-15-11-23(7-1-6-21-15)9-13-2-3-14-10-24(20(28)16(14)8-13)17-4-5-18(26)22-19(17)27/h2-3,8,15,17,21,25H,1,4-7,9-12H2,(H,22,26,27). The van der Waals surface area contributed by atoms with Gasteiger partial charge in [0.25, 0.3) is 5.91 Å². The molecule has 3 amide bonds. The van der Waals surface area contributed by atoms with Crippen LogP contribution >= 0.6 is 0 Å². The van der Waals surface area contributed by atoms with Crippen molar-refractivity contribution in [3.63, 3.8) is 0 Å². The molecular weight excluding hydrogens is 360 g/mol. The molecule has 0 aliphatic carbocycles. The van der Waals surface area contributed by atoms with E-state index in [9.17, 15) is 19.5 Å². The predicted molar refractivity (Wildman–Crippen MR) is 101 cm³/mol. The summed E-state index contributed by atoms with van der Waals surface area (Å²) in [5, 5.41) is 15.1. The first kappa shape index (κ1) is 19.0. The Morgan fingerprint density at radius 2 is 2.07 bits per heavy atom. The number of aliphatic hydroxyl groups is 1. The van der Waals surface area contributed by atoms with Crippen LogP contribution in [0, 0.1) is 0 Å². The van der Waals surface area contributed by atoms with E-state index in [4.69, 9.17) is 0 Å². The Labute approximate surface area is 163 Å². The molecule has 2 saturated heterocycles. The lowest BCUT2D eigenvalue weighted by atomic mass is 10.0. The Bertz CT molecular complexity index is 796. The molecule has 0 radical (unpaired) electrons. The lowest BCUT2D eigenvalue weighted by Crippen LogP contribution is -2.52. The molecule has 2 atom stereocenters.